The maximum atomic E-state index is 12.7. The highest BCUT2D eigenvalue weighted by Crippen LogP contribution is 2.35. The number of carbonyl (C=O) groups excluding carboxylic acids is 2. The van der Waals surface area contributed by atoms with Gasteiger partial charge in [-0.2, -0.15) is 0 Å². The Morgan fingerprint density at radius 3 is 2.10 bits per heavy atom. The van der Waals surface area contributed by atoms with Crippen molar-refractivity contribution in [2.75, 3.05) is 0 Å². The molecule has 3 aromatic carbocycles. The molecule has 0 radical (unpaired) electrons. The summed E-state index contributed by atoms with van der Waals surface area (Å²) in [5.74, 6) is 0.561. The zero-order chi connectivity index (χ0) is 21.1. The first-order valence-electron chi connectivity index (χ1n) is 10.2. The summed E-state index contributed by atoms with van der Waals surface area (Å²) in [5.41, 5.74) is 2.24. The molecule has 1 unspecified atom stereocenters. The van der Waals surface area contributed by atoms with Crippen LogP contribution in [0.1, 0.15) is 42.1 Å². The first-order chi connectivity index (χ1) is 14.5. The van der Waals surface area contributed by atoms with Crippen LogP contribution in [0.3, 0.4) is 0 Å². The third-order valence-electron chi connectivity index (χ3n) is 5.46. The number of allylic oxidation sites excluding steroid dienone is 1. The van der Waals surface area contributed by atoms with Crippen molar-refractivity contribution in [3.63, 3.8) is 0 Å². The molecule has 1 aliphatic carbocycles. The second-order valence-corrected chi connectivity index (χ2v) is 7.86. The molecule has 0 fully saturated rings. The van der Waals surface area contributed by atoms with Crippen molar-refractivity contribution in [3.05, 3.63) is 83.4 Å². The predicted molar refractivity (Wildman–Crippen MR) is 117 cm³/mol. The third kappa shape index (κ3) is 4.28. The monoisotopic (exact) mass is 400 g/mol. The van der Waals surface area contributed by atoms with Crippen molar-refractivity contribution in [3.8, 4) is 11.5 Å². The molecule has 0 saturated carbocycles. The van der Waals surface area contributed by atoms with Gasteiger partial charge in [-0.1, -0.05) is 55.0 Å². The molecule has 0 spiro atoms. The molecular formula is C26H24O4. The fraction of sp³-hybridized carbons (Fsp3) is 0.231. The highest BCUT2D eigenvalue weighted by molar-refractivity contribution is 6.00. The molecule has 0 saturated heterocycles. The molecule has 152 valence electrons. The van der Waals surface area contributed by atoms with Gasteiger partial charge in [-0.25, -0.2) is 9.59 Å². The van der Waals surface area contributed by atoms with Crippen LogP contribution < -0.4 is 9.47 Å². The Morgan fingerprint density at radius 2 is 1.50 bits per heavy atom. The predicted octanol–water partition coefficient (Wildman–Crippen LogP) is 6.02. The molecule has 0 aromatic heterocycles. The lowest BCUT2D eigenvalue weighted by Gasteiger charge is -2.18. The maximum Gasteiger partial charge on any atom is 0.343 e. The van der Waals surface area contributed by atoms with Gasteiger partial charge in [0.15, 0.2) is 0 Å². The Morgan fingerprint density at radius 1 is 0.867 bits per heavy atom. The zero-order valence-electron chi connectivity index (χ0n) is 17.2. The van der Waals surface area contributed by atoms with Crippen LogP contribution >= 0.6 is 0 Å². The minimum absolute atomic E-state index is 0.339. The van der Waals surface area contributed by atoms with Crippen molar-refractivity contribution >= 4 is 22.7 Å². The van der Waals surface area contributed by atoms with Crippen LogP contribution in [0, 0.1) is 12.8 Å². The minimum Gasteiger partial charge on any atom is -0.422 e. The molecule has 30 heavy (non-hydrogen) atoms. The van der Waals surface area contributed by atoms with Gasteiger partial charge in [0, 0.05) is 5.57 Å². The van der Waals surface area contributed by atoms with Gasteiger partial charge in [-0.15, -0.1) is 0 Å². The van der Waals surface area contributed by atoms with E-state index in [9.17, 15) is 9.59 Å². The third-order valence-corrected chi connectivity index (χ3v) is 5.46. The molecule has 0 N–H and O–H groups in total. The van der Waals surface area contributed by atoms with Crippen molar-refractivity contribution < 1.29 is 19.1 Å². The second kappa shape index (κ2) is 8.54. The number of rotatable bonds is 4. The topological polar surface area (TPSA) is 52.6 Å². The minimum atomic E-state index is -0.451. The van der Waals surface area contributed by atoms with Crippen LogP contribution in [0.25, 0.3) is 10.8 Å². The van der Waals surface area contributed by atoms with Crippen LogP contribution in [0.5, 0.6) is 11.5 Å². The van der Waals surface area contributed by atoms with Crippen LogP contribution in [0.15, 0.2) is 72.3 Å². The van der Waals surface area contributed by atoms with Crippen LogP contribution in [0.4, 0.5) is 0 Å². The van der Waals surface area contributed by atoms with Gasteiger partial charge in [0.2, 0.25) is 0 Å². The molecule has 0 heterocycles. The molecule has 0 bridgehead atoms. The van der Waals surface area contributed by atoms with E-state index < -0.39 is 5.97 Å². The number of benzene rings is 3. The smallest absolute Gasteiger partial charge is 0.343 e. The van der Waals surface area contributed by atoms with Gasteiger partial charge in [-0.3, -0.25) is 0 Å². The molecule has 0 amide bonds. The van der Waals surface area contributed by atoms with E-state index in [1.54, 1.807) is 24.3 Å². The molecule has 4 rings (SSSR count). The van der Waals surface area contributed by atoms with E-state index >= 15 is 0 Å². The Hall–Kier alpha value is -3.40. The molecule has 4 nitrogen and oxygen atoms in total. The Labute approximate surface area is 176 Å². The number of esters is 2. The van der Waals surface area contributed by atoms with E-state index in [-0.39, 0.29) is 5.97 Å². The summed E-state index contributed by atoms with van der Waals surface area (Å²) in [6.07, 6.45) is 4.56. The van der Waals surface area contributed by atoms with E-state index in [1.165, 1.54) is 0 Å². The lowest BCUT2D eigenvalue weighted by molar-refractivity contribution is -0.130. The molecular weight excluding hydrogens is 376 g/mol. The van der Waals surface area contributed by atoms with Gasteiger partial charge < -0.3 is 9.47 Å². The Balaban J connectivity index is 1.64. The van der Waals surface area contributed by atoms with E-state index in [0.717, 1.165) is 30.2 Å². The van der Waals surface area contributed by atoms with E-state index in [4.69, 9.17) is 9.47 Å². The Kier molecular flexibility index (Phi) is 5.66. The maximum absolute atomic E-state index is 12.7. The van der Waals surface area contributed by atoms with Crippen molar-refractivity contribution in [1.29, 1.82) is 0 Å². The average molecular weight is 400 g/mol. The lowest BCUT2D eigenvalue weighted by Crippen LogP contribution is -2.15. The normalized spacial score (nSPS) is 16.1. The number of fused-ring (bicyclic) bond motifs is 1. The molecule has 1 atom stereocenters. The number of carbonyl (C=O) groups is 2. The second-order valence-electron chi connectivity index (χ2n) is 7.86. The number of hydrogen-bond acceptors (Lipinski definition) is 4. The molecule has 3 aromatic rings. The summed E-state index contributed by atoms with van der Waals surface area (Å²) in [6, 6.07) is 18.1. The Bertz CT molecular complexity index is 1120. The summed E-state index contributed by atoms with van der Waals surface area (Å²) < 4.78 is 11.4. The van der Waals surface area contributed by atoms with Gasteiger partial charge in [-0.05, 0) is 61.8 Å². The van der Waals surface area contributed by atoms with Crippen molar-refractivity contribution in [2.24, 2.45) is 5.92 Å². The van der Waals surface area contributed by atoms with Gasteiger partial charge in [0.05, 0.1) is 10.9 Å². The highest BCUT2D eigenvalue weighted by Gasteiger charge is 2.20. The summed E-state index contributed by atoms with van der Waals surface area (Å²) >= 11 is 0. The number of ether oxygens (including phenoxy) is 2. The first kappa shape index (κ1) is 19.9. The SMILES string of the molecule is Cc1ccc(C(=O)Oc2cccc3cccc(OC(=O)C4=CCC(C)CC4)c23)cc1. The summed E-state index contributed by atoms with van der Waals surface area (Å²) in [7, 11) is 0. The zero-order valence-corrected chi connectivity index (χ0v) is 17.2. The summed E-state index contributed by atoms with van der Waals surface area (Å²) in [6.45, 7) is 4.14. The van der Waals surface area contributed by atoms with E-state index in [0.29, 0.717) is 33.9 Å². The van der Waals surface area contributed by atoms with Gasteiger partial charge in [0.25, 0.3) is 0 Å². The number of hydrogen-bond donors (Lipinski definition) is 0. The van der Waals surface area contributed by atoms with Crippen LogP contribution in [-0.2, 0) is 4.79 Å². The molecule has 4 heteroatoms. The summed E-state index contributed by atoms with van der Waals surface area (Å²) in [5, 5.41) is 1.44. The van der Waals surface area contributed by atoms with Gasteiger partial charge in [0.1, 0.15) is 11.5 Å². The standard InChI is InChI=1S/C26H24O4/c1-17-9-13-20(14-10-17)25(27)29-22-7-3-5-19-6-4-8-23(24(19)22)30-26(28)21-15-11-18(2)12-16-21/h3-10,13-15,18H,11-12,16H2,1-2H3. The van der Waals surface area contributed by atoms with E-state index in [1.807, 2.05) is 49.4 Å². The average Bonchev–Trinajstić information content (AvgIpc) is 2.75. The number of aryl methyl sites for hydroxylation is 1. The quantitative estimate of drug-likeness (QED) is 0.397. The lowest BCUT2D eigenvalue weighted by atomic mass is 9.91. The molecule has 0 aliphatic heterocycles. The van der Waals surface area contributed by atoms with Crippen LogP contribution in [-0.4, -0.2) is 11.9 Å². The first-order valence-corrected chi connectivity index (χ1v) is 10.2. The van der Waals surface area contributed by atoms with Crippen LogP contribution in [0.2, 0.25) is 0 Å². The highest BCUT2D eigenvalue weighted by atomic mass is 16.5. The van der Waals surface area contributed by atoms with E-state index in [2.05, 4.69) is 6.92 Å². The summed E-state index contributed by atoms with van der Waals surface area (Å²) in [4.78, 5) is 25.3. The van der Waals surface area contributed by atoms with Crippen molar-refractivity contribution in [2.45, 2.75) is 33.1 Å². The molecule has 1 aliphatic rings. The fourth-order valence-corrected chi connectivity index (χ4v) is 3.61. The largest absolute Gasteiger partial charge is 0.422 e. The fourth-order valence-electron chi connectivity index (χ4n) is 3.61. The van der Waals surface area contributed by atoms with Crippen molar-refractivity contribution in [1.82, 2.24) is 0 Å². The van der Waals surface area contributed by atoms with Gasteiger partial charge >= 0.3 is 11.9 Å².